The smallest absolute Gasteiger partial charge is 0.132 e. The summed E-state index contributed by atoms with van der Waals surface area (Å²) >= 11 is 0. The van der Waals surface area contributed by atoms with Crippen molar-refractivity contribution in [3.8, 4) is 0 Å². The van der Waals surface area contributed by atoms with E-state index in [-0.39, 0.29) is 12.4 Å². The lowest BCUT2D eigenvalue weighted by atomic mass is 9.85. The molecular formula is C16H25FN2. The Morgan fingerprint density at radius 3 is 2.68 bits per heavy atom. The Hall–Kier alpha value is -0.930. The predicted octanol–water partition coefficient (Wildman–Crippen LogP) is 3.30. The van der Waals surface area contributed by atoms with Gasteiger partial charge in [-0.3, -0.25) is 4.90 Å². The van der Waals surface area contributed by atoms with Gasteiger partial charge >= 0.3 is 0 Å². The second kappa shape index (κ2) is 6.02. The number of nitrogens with two attached hydrogens (primary N) is 1. The zero-order valence-corrected chi connectivity index (χ0v) is 12.1. The third-order valence-electron chi connectivity index (χ3n) is 4.21. The van der Waals surface area contributed by atoms with Crippen LogP contribution in [0.2, 0.25) is 0 Å². The van der Waals surface area contributed by atoms with Crippen molar-refractivity contribution in [2.75, 3.05) is 13.1 Å². The maximum atomic E-state index is 14.2. The van der Waals surface area contributed by atoms with Crippen molar-refractivity contribution in [1.29, 1.82) is 0 Å². The van der Waals surface area contributed by atoms with E-state index in [9.17, 15) is 4.39 Å². The van der Waals surface area contributed by atoms with Crippen molar-refractivity contribution in [2.45, 2.75) is 46.2 Å². The number of benzene rings is 1. The molecule has 1 fully saturated rings. The molecule has 0 unspecified atom stereocenters. The molecule has 1 aliphatic rings. The topological polar surface area (TPSA) is 29.3 Å². The van der Waals surface area contributed by atoms with Crippen molar-refractivity contribution in [3.05, 3.63) is 35.1 Å². The molecule has 2 rings (SSSR count). The predicted molar refractivity (Wildman–Crippen MR) is 77.2 cm³/mol. The van der Waals surface area contributed by atoms with Crippen LogP contribution in [-0.2, 0) is 13.1 Å². The van der Waals surface area contributed by atoms with Gasteiger partial charge in [-0.25, -0.2) is 4.39 Å². The van der Waals surface area contributed by atoms with Gasteiger partial charge in [0.2, 0.25) is 0 Å². The highest BCUT2D eigenvalue weighted by Gasteiger charge is 2.23. The number of halogens is 1. The molecule has 0 saturated carbocycles. The van der Waals surface area contributed by atoms with Gasteiger partial charge in [-0.05, 0) is 37.8 Å². The molecule has 0 spiro atoms. The highest BCUT2D eigenvalue weighted by Crippen LogP contribution is 2.30. The average molecular weight is 264 g/mol. The van der Waals surface area contributed by atoms with Crippen molar-refractivity contribution in [3.63, 3.8) is 0 Å². The zero-order chi connectivity index (χ0) is 13.9. The molecule has 0 radical (unpaired) electrons. The third-order valence-corrected chi connectivity index (χ3v) is 4.21. The lowest BCUT2D eigenvalue weighted by molar-refractivity contribution is 0.253. The maximum Gasteiger partial charge on any atom is 0.132 e. The molecule has 1 saturated heterocycles. The highest BCUT2D eigenvalue weighted by molar-refractivity contribution is 5.25. The van der Waals surface area contributed by atoms with Gasteiger partial charge in [0.25, 0.3) is 0 Å². The molecule has 0 atom stereocenters. The number of rotatable bonds is 3. The highest BCUT2D eigenvalue weighted by atomic mass is 19.1. The summed E-state index contributed by atoms with van der Waals surface area (Å²) in [6.45, 7) is 7.75. The molecule has 1 aromatic carbocycles. The van der Waals surface area contributed by atoms with E-state index in [1.165, 1.54) is 19.3 Å². The molecule has 0 aliphatic carbocycles. The molecule has 106 valence electrons. The number of likely N-dealkylation sites (tertiary alicyclic amines) is 1. The molecule has 0 bridgehead atoms. The minimum absolute atomic E-state index is 0.117. The van der Waals surface area contributed by atoms with E-state index >= 15 is 0 Å². The van der Waals surface area contributed by atoms with Gasteiger partial charge in [0.1, 0.15) is 5.82 Å². The molecule has 2 N–H and O–H groups in total. The molecule has 0 amide bonds. The summed E-state index contributed by atoms with van der Waals surface area (Å²) < 4.78 is 14.2. The quantitative estimate of drug-likeness (QED) is 0.907. The van der Waals surface area contributed by atoms with Gasteiger partial charge in [-0.1, -0.05) is 32.0 Å². The second-order valence-electron chi connectivity index (χ2n) is 6.39. The third kappa shape index (κ3) is 3.77. The van der Waals surface area contributed by atoms with Gasteiger partial charge < -0.3 is 5.73 Å². The van der Waals surface area contributed by atoms with Crippen molar-refractivity contribution < 1.29 is 4.39 Å². The number of hydrogen-bond donors (Lipinski definition) is 1. The van der Waals surface area contributed by atoms with Gasteiger partial charge in [-0.2, -0.15) is 0 Å². The first kappa shape index (κ1) is 14.5. The molecule has 1 aromatic rings. The monoisotopic (exact) mass is 264 g/mol. The Kier molecular flexibility index (Phi) is 4.58. The summed E-state index contributed by atoms with van der Waals surface area (Å²) in [4.78, 5) is 2.37. The van der Waals surface area contributed by atoms with Crippen LogP contribution in [0.15, 0.2) is 18.2 Å². The van der Waals surface area contributed by atoms with Crippen LogP contribution in [0.4, 0.5) is 4.39 Å². The van der Waals surface area contributed by atoms with E-state index in [0.717, 1.165) is 18.7 Å². The normalized spacial score (nSPS) is 20.2. The number of hydrogen-bond acceptors (Lipinski definition) is 2. The number of nitrogens with zero attached hydrogens (tertiary/aromatic N) is 1. The van der Waals surface area contributed by atoms with Crippen LogP contribution in [-0.4, -0.2) is 18.0 Å². The first-order valence-corrected chi connectivity index (χ1v) is 7.20. The molecule has 0 aromatic heterocycles. The van der Waals surface area contributed by atoms with Gasteiger partial charge in [0.05, 0.1) is 0 Å². The summed E-state index contributed by atoms with van der Waals surface area (Å²) in [5.74, 6) is -0.117. The van der Waals surface area contributed by atoms with Gasteiger partial charge in [0.15, 0.2) is 0 Å². The maximum absolute atomic E-state index is 14.2. The van der Waals surface area contributed by atoms with E-state index in [4.69, 9.17) is 5.73 Å². The van der Waals surface area contributed by atoms with Crippen LogP contribution < -0.4 is 5.73 Å². The fraction of sp³-hybridized carbons (Fsp3) is 0.625. The lowest BCUT2D eigenvalue weighted by Crippen LogP contribution is -2.25. The van der Waals surface area contributed by atoms with Crippen molar-refractivity contribution >= 4 is 0 Å². The lowest BCUT2D eigenvalue weighted by Gasteiger charge is -2.23. The first-order valence-electron chi connectivity index (χ1n) is 7.20. The van der Waals surface area contributed by atoms with E-state index in [1.807, 2.05) is 12.1 Å². The van der Waals surface area contributed by atoms with Gasteiger partial charge in [-0.15, -0.1) is 0 Å². The molecule has 2 nitrogen and oxygen atoms in total. The van der Waals surface area contributed by atoms with Crippen molar-refractivity contribution in [1.82, 2.24) is 4.90 Å². The standard InChI is InChI=1S/C16H25FN2/c1-16(2)7-4-9-19(10-8-16)12-14-6-3-5-13(11-18)15(14)17/h3,5-6H,4,7-12,18H2,1-2H3. The van der Waals surface area contributed by atoms with Crippen LogP contribution in [0.3, 0.4) is 0 Å². The summed E-state index contributed by atoms with van der Waals surface area (Å²) in [5.41, 5.74) is 7.38. The summed E-state index contributed by atoms with van der Waals surface area (Å²) in [5, 5.41) is 0. The van der Waals surface area contributed by atoms with Crippen LogP contribution in [0.1, 0.15) is 44.2 Å². The fourth-order valence-electron chi connectivity index (χ4n) is 2.79. The fourth-order valence-corrected chi connectivity index (χ4v) is 2.79. The van der Waals surface area contributed by atoms with Crippen LogP contribution in [0, 0.1) is 11.2 Å². The van der Waals surface area contributed by atoms with Crippen LogP contribution in [0.5, 0.6) is 0 Å². The Bertz CT molecular complexity index is 429. The Morgan fingerprint density at radius 2 is 1.95 bits per heavy atom. The summed E-state index contributed by atoms with van der Waals surface area (Å²) in [7, 11) is 0. The zero-order valence-electron chi connectivity index (χ0n) is 12.1. The Balaban J connectivity index is 2.05. The van der Waals surface area contributed by atoms with Crippen LogP contribution in [0.25, 0.3) is 0 Å². The minimum atomic E-state index is -0.117. The van der Waals surface area contributed by atoms with E-state index in [2.05, 4.69) is 18.7 Å². The summed E-state index contributed by atoms with van der Waals surface area (Å²) in [6, 6.07) is 5.55. The second-order valence-corrected chi connectivity index (χ2v) is 6.39. The molecular weight excluding hydrogens is 239 g/mol. The SMILES string of the molecule is CC1(C)CCCN(Cc2cccc(CN)c2F)CC1. The largest absolute Gasteiger partial charge is 0.326 e. The van der Waals surface area contributed by atoms with Crippen molar-refractivity contribution in [2.24, 2.45) is 11.1 Å². The molecule has 3 heteroatoms. The van der Waals surface area contributed by atoms with Crippen LogP contribution >= 0.6 is 0 Å². The minimum Gasteiger partial charge on any atom is -0.326 e. The average Bonchev–Trinajstić information content (AvgIpc) is 2.54. The molecule has 1 heterocycles. The first-order chi connectivity index (χ1) is 9.02. The van der Waals surface area contributed by atoms with Gasteiger partial charge in [0, 0.05) is 24.2 Å². The Morgan fingerprint density at radius 1 is 1.21 bits per heavy atom. The molecule has 1 aliphatic heterocycles. The Labute approximate surface area is 115 Å². The van der Waals surface area contributed by atoms with E-state index in [0.29, 0.717) is 17.5 Å². The van der Waals surface area contributed by atoms with E-state index < -0.39 is 0 Å². The summed E-state index contributed by atoms with van der Waals surface area (Å²) in [6.07, 6.45) is 3.64. The van der Waals surface area contributed by atoms with E-state index in [1.54, 1.807) is 6.07 Å². The molecule has 19 heavy (non-hydrogen) atoms.